The first-order valence-corrected chi connectivity index (χ1v) is 5.04. The smallest absolute Gasteiger partial charge is 0.313 e. The van der Waals surface area contributed by atoms with Crippen molar-refractivity contribution in [3.05, 3.63) is 29.3 Å². The van der Waals surface area contributed by atoms with Crippen molar-refractivity contribution in [2.45, 2.75) is 6.92 Å². The minimum absolute atomic E-state index is 0.347. The van der Waals surface area contributed by atoms with E-state index >= 15 is 0 Å². The quantitative estimate of drug-likeness (QED) is 0.609. The maximum Gasteiger partial charge on any atom is 0.313 e. The molecule has 0 unspecified atom stereocenters. The highest BCUT2D eigenvalue weighted by Crippen LogP contribution is 2.17. The van der Waals surface area contributed by atoms with Crippen LogP contribution in [0, 0.1) is 6.92 Å². The van der Waals surface area contributed by atoms with Crippen molar-refractivity contribution in [3.63, 3.8) is 0 Å². The molecule has 0 spiro atoms. The highest BCUT2D eigenvalue weighted by atomic mass is 16.2. The predicted octanol–water partition coefficient (Wildman–Crippen LogP) is 0.834. The molecule has 0 aromatic heterocycles. The molecule has 1 N–H and O–H groups in total. The monoisotopic (exact) mass is 234 g/mol. The molecule has 0 aliphatic rings. The van der Waals surface area contributed by atoms with E-state index in [2.05, 4.69) is 5.32 Å². The molecule has 0 aliphatic heterocycles. The van der Waals surface area contributed by atoms with Gasteiger partial charge in [0.1, 0.15) is 0 Å². The summed E-state index contributed by atoms with van der Waals surface area (Å²) in [7, 11) is 2.97. The summed E-state index contributed by atoms with van der Waals surface area (Å²) in [6.45, 7) is 1.76. The summed E-state index contributed by atoms with van der Waals surface area (Å²) in [6.07, 6.45) is 0.658. The van der Waals surface area contributed by atoms with Gasteiger partial charge >= 0.3 is 11.8 Å². The summed E-state index contributed by atoms with van der Waals surface area (Å²) in [6, 6.07) is 5.04. The van der Waals surface area contributed by atoms with E-state index in [1.165, 1.54) is 19.0 Å². The Hall–Kier alpha value is -2.17. The number of carbonyl (C=O) groups is 3. The molecule has 0 bridgehead atoms. The first kappa shape index (κ1) is 12.9. The Balaban J connectivity index is 2.96. The van der Waals surface area contributed by atoms with Crippen LogP contribution >= 0.6 is 0 Å². The molecule has 1 rings (SSSR count). The molecule has 1 aromatic carbocycles. The van der Waals surface area contributed by atoms with Gasteiger partial charge in [0.2, 0.25) is 0 Å². The lowest BCUT2D eigenvalue weighted by Crippen LogP contribution is -2.34. The molecule has 0 heterocycles. The van der Waals surface area contributed by atoms with Crippen LogP contribution in [-0.2, 0) is 9.59 Å². The number of carbonyl (C=O) groups excluding carboxylic acids is 3. The van der Waals surface area contributed by atoms with Gasteiger partial charge in [0.05, 0.1) is 5.69 Å². The Morgan fingerprint density at radius 3 is 2.47 bits per heavy atom. The number of rotatable bonds is 2. The Labute approximate surface area is 99.4 Å². The lowest BCUT2D eigenvalue weighted by Gasteiger charge is -2.12. The fourth-order valence-electron chi connectivity index (χ4n) is 1.32. The highest BCUT2D eigenvalue weighted by Gasteiger charge is 2.17. The summed E-state index contributed by atoms with van der Waals surface area (Å²) in [5.41, 5.74) is 1.47. The normalized spacial score (nSPS) is 9.59. The number of nitrogens with one attached hydrogen (secondary N) is 1. The second-order valence-corrected chi connectivity index (χ2v) is 3.81. The molecule has 0 atom stereocenters. The summed E-state index contributed by atoms with van der Waals surface area (Å²) in [4.78, 5) is 34.9. The van der Waals surface area contributed by atoms with Gasteiger partial charge in [-0.05, 0) is 18.6 Å². The standard InChI is InChI=1S/C12H14N2O3/c1-8-5-4-6-10(9(8)7-15)13-11(16)12(17)14(2)3/h4-7H,1-3H3,(H,13,16). The van der Waals surface area contributed by atoms with E-state index in [0.29, 0.717) is 17.5 Å². The zero-order valence-corrected chi connectivity index (χ0v) is 9.98. The number of anilines is 1. The number of amides is 2. The summed E-state index contributed by atoms with van der Waals surface area (Å²) in [5, 5.41) is 2.42. The Bertz CT molecular complexity index is 467. The van der Waals surface area contributed by atoms with E-state index in [-0.39, 0.29) is 0 Å². The van der Waals surface area contributed by atoms with Gasteiger partial charge in [-0.3, -0.25) is 14.4 Å². The van der Waals surface area contributed by atoms with Crippen LogP contribution in [0.4, 0.5) is 5.69 Å². The third-order valence-electron chi connectivity index (χ3n) is 2.29. The molecule has 2 amide bonds. The van der Waals surface area contributed by atoms with Gasteiger partial charge in [-0.2, -0.15) is 0 Å². The number of hydrogen-bond donors (Lipinski definition) is 1. The van der Waals surface area contributed by atoms with Gasteiger partial charge < -0.3 is 10.2 Å². The average molecular weight is 234 g/mol. The summed E-state index contributed by atoms with van der Waals surface area (Å²) >= 11 is 0. The number of hydrogen-bond acceptors (Lipinski definition) is 3. The highest BCUT2D eigenvalue weighted by molar-refractivity contribution is 6.39. The molecule has 0 fully saturated rings. The van der Waals surface area contributed by atoms with Gasteiger partial charge in [0.15, 0.2) is 6.29 Å². The Morgan fingerprint density at radius 2 is 1.94 bits per heavy atom. The molecule has 1 aromatic rings. The number of likely N-dealkylation sites (N-methyl/N-ethyl adjacent to an activating group) is 1. The molecule has 0 aliphatic carbocycles. The van der Waals surface area contributed by atoms with Crippen LogP contribution in [-0.4, -0.2) is 37.1 Å². The fraction of sp³-hybridized carbons (Fsp3) is 0.250. The number of nitrogens with zero attached hydrogens (tertiary/aromatic N) is 1. The lowest BCUT2D eigenvalue weighted by atomic mass is 10.1. The van der Waals surface area contributed by atoms with Crippen LogP contribution in [0.2, 0.25) is 0 Å². The average Bonchev–Trinajstić information content (AvgIpc) is 2.28. The van der Waals surface area contributed by atoms with E-state index in [9.17, 15) is 14.4 Å². The van der Waals surface area contributed by atoms with Crippen LogP contribution in [0.1, 0.15) is 15.9 Å². The molecule has 0 saturated heterocycles. The third-order valence-corrected chi connectivity index (χ3v) is 2.29. The zero-order chi connectivity index (χ0) is 13.0. The second-order valence-electron chi connectivity index (χ2n) is 3.81. The molecule has 0 saturated carbocycles. The topological polar surface area (TPSA) is 66.5 Å². The van der Waals surface area contributed by atoms with Crippen molar-refractivity contribution >= 4 is 23.8 Å². The molecule has 0 radical (unpaired) electrons. The van der Waals surface area contributed by atoms with Gasteiger partial charge in [0, 0.05) is 19.7 Å². The van der Waals surface area contributed by atoms with Gasteiger partial charge in [0.25, 0.3) is 0 Å². The number of benzene rings is 1. The SMILES string of the molecule is Cc1cccc(NC(=O)C(=O)N(C)C)c1C=O. The number of aryl methyl sites for hydroxylation is 1. The summed E-state index contributed by atoms with van der Waals surface area (Å²) < 4.78 is 0. The van der Waals surface area contributed by atoms with Crippen molar-refractivity contribution in [2.75, 3.05) is 19.4 Å². The molecular weight excluding hydrogens is 220 g/mol. The molecular formula is C12H14N2O3. The number of aldehydes is 1. The molecule has 5 heteroatoms. The minimum Gasteiger partial charge on any atom is -0.341 e. The lowest BCUT2D eigenvalue weighted by molar-refractivity contribution is -0.141. The van der Waals surface area contributed by atoms with Crippen molar-refractivity contribution in [2.24, 2.45) is 0 Å². The Kier molecular flexibility index (Phi) is 3.98. The van der Waals surface area contributed by atoms with Crippen molar-refractivity contribution in [3.8, 4) is 0 Å². The van der Waals surface area contributed by atoms with E-state index in [1.807, 2.05) is 0 Å². The van der Waals surface area contributed by atoms with Crippen molar-refractivity contribution < 1.29 is 14.4 Å². The van der Waals surface area contributed by atoms with Gasteiger partial charge in [-0.15, -0.1) is 0 Å². The maximum atomic E-state index is 11.5. The van der Waals surface area contributed by atoms with Crippen LogP contribution in [0.3, 0.4) is 0 Å². The maximum absolute atomic E-state index is 11.5. The van der Waals surface area contributed by atoms with Crippen LogP contribution in [0.25, 0.3) is 0 Å². The third kappa shape index (κ3) is 2.90. The predicted molar refractivity (Wildman–Crippen MR) is 63.9 cm³/mol. The molecule has 90 valence electrons. The minimum atomic E-state index is -0.760. The van der Waals surface area contributed by atoms with Crippen LogP contribution in [0.5, 0.6) is 0 Å². The van der Waals surface area contributed by atoms with E-state index in [4.69, 9.17) is 0 Å². The van der Waals surface area contributed by atoms with Crippen molar-refractivity contribution in [1.29, 1.82) is 0 Å². The molecule has 5 nitrogen and oxygen atoms in total. The molecule has 17 heavy (non-hydrogen) atoms. The van der Waals surface area contributed by atoms with E-state index in [1.54, 1.807) is 25.1 Å². The largest absolute Gasteiger partial charge is 0.341 e. The Morgan fingerprint density at radius 1 is 1.29 bits per heavy atom. The first-order valence-electron chi connectivity index (χ1n) is 5.04. The van der Waals surface area contributed by atoms with Crippen LogP contribution < -0.4 is 5.32 Å². The van der Waals surface area contributed by atoms with Gasteiger partial charge in [-0.1, -0.05) is 12.1 Å². The van der Waals surface area contributed by atoms with Crippen molar-refractivity contribution in [1.82, 2.24) is 4.90 Å². The summed E-state index contributed by atoms with van der Waals surface area (Å²) in [5.74, 6) is -1.42. The van der Waals surface area contributed by atoms with E-state index in [0.717, 1.165) is 5.56 Å². The van der Waals surface area contributed by atoms with Gasteiger partial charge in [-0.25, -0.2) is 0 Å². The second kappa shape index (κ2) is 5.25. The fourth-order valence-corrected chi connectivity index (χ4v) is 1.32. The first-order chi connectivity index (χ1) is 7.97. The van der Waals surface area contributed by atoms with Crippen LogP contribution in [0.15, 0.2) is 18.2 Å². The zero-order valence-electron chi connectivity index (χ0n) is 9.98. The van der Waals surface area contributed by atoms with E-state index < -0.39 is 11.8 Å².